The summed E-state index contributed by atoms with van der Waals surface area (Å²) >= 11 is 0. The lowest BCUT2D eigenvalue weighted by Crippen LogP contribution is -2.56. The van der Waals surface area contributed by atoms with Crippen LogP contribution in [-0.4, -0.2) is 35.3 Å². The molecule has 0 aliphatic heterocycles. The molecule has 0 aromatic heterocycles. The lowest BCUT2D eigenvalue weighted by atomic mass is 9.58. The number of ketones is 1. The Hall–Kier alpha value is 13.0. The first-order valence-corrected chi connectivity index (χ1v) is 70.2. The average molecular weight is 1310 g/mol. The third-order valence-corrected chi connectivity index (χ3v) is 166. The zero-order valence-corrected chi connectivity index (χ0v) is 62.0. The van der Waals surface area contributed by atoms with Crippen molar-refractivity contribution >= 4 is 265 Å². The fraction of sp³-hybridized carbons (Fsp3) is 0.800. The van der Waals surface area contributed by atoms with E-state index in [-0.39, 0.29) is 45.8 Å². The van der Waals surface area contributed by atoms with Crippen molar-refractivity contribution in [2.24, 2.45) is 17.3 Å². The Morgan fingerprint density at radius 1 is 0.692 bits per heavy atom. The van der Waals surface area contributed by atoms with Crippen LogP contribution in [0.2, 0.25) is 0 Å². The molecular weight excluding hydrogens is 1250 g/mol. The van der Waals surface area contributed by atoms with Gasteiger partial charge >= 0.3 is 0 Å². The second-order valence-corrected chi connectivity index (χ2v) is 127. The highest BCUT2D eigenvalue weighted by Gasteiger charge is 2.57. The zero-order chi connectivity index (χ0) is 40.3. The van der Waals surface area contributed by atoms with Gasteiger partial charge in [0.15, 0.2) is 5.78 Å². The third-order valence-electron chi connectivity index (χ3n) is 8.12. The van der Waals surface area contributed by atoms with Gasteiger partial charge in [-0.2, -0.15) is 0 Å². The topological polar surface area (TPSA) is 65.0 Å². The maximum Gasteiger partial charge on any atom is 0.167 e. The van der Waals surface area contributed by atoms with Gasteiger partial charge in [-0.15, -0.1) is 134 Å². The van der Waals surface area contributed by atoms with Crippen molar-refractivity contribution < 1.29 is 23.5 Å². The van der Waals surface area contributed by atoms with Gasteiger partial charge in [-0.25, -0.2) is 0 Å². The quantitative estimate of drug-likeness (QED) is 0.109. The molecule has 2 aliphatic carbocycles. The van der Waals surface area contributed by atoms with Gasteiger partial charge in [-0.05, 0) is 78.8 Å². The number of carbonyl (C=O) groups is 1. The summed E-state index contributed by atoms with van der Waals surface area (Å²) in [5.74, 6) is -0.958. The third kappa shape index (κ3) is 17.1. The summed E-state index contributed by atoms with van der Waals surface area (Å²) < 4.78 is 22.8. The molecule has 1 N–H and O–H groups in total. The molecule has 25 unspecified atom stereocenters. The monoisotopic (exact) mass is 1310 g/mol. The second-order valence-electron chi connectivity index (χ2n) is 11.7. The van der Waals surface area contributed by atoms with Crippen molar-refractivity contribution in [2.45, 2.75) is 58.5 Å². The molecule has 52 heavy (non-hydrogen) atoms. The summed E-state index contributed by atoms with van der Waals surface area (Å²) in [5, 5.41) is 12.2. The van der Waals surface area contributed by atoms with Crippen LogP contribution in [0.3, 0.4) is 0 Å². The number of Topliss-reactive ketones (excluding diaryl/α,β-unsaturated/α-hetero) is 1. The molecule has 1 saturated carbocycles. The first-order valence-electron chi connectivity index (χ1n) is 14.4. The molecule has 30 atom stereocenters. The SMILES string of the molecule is CC1=C2[C@@H](OP(P(P)P)P(PP)P(P)P)[C@H](OP(P(P)P)P(P)P(P)P)[C@@H](C)C(=O)[C@H](O)C(C[C@@H]1OP(P(P)P(P)P)P(P(P)P)P(P)P)C2(C)C. The molecular formula is C15H56O5P32. The maximum absolute atomic E-state index is 14.7. The van der Waals surface area contributed by atoms with Crippen molar-refractivity contribution in [3.8, 4) is 0 Å². The number of rotatable bonds is 18. The molecule has 2 rings (SSSR count). The van der Waals surface area contributed by atoms with Crippen LogP contribution in [0, 0.1) is 17.3 Å². The van der Waals surface area contributed by atoms with Crippen LogP contribution in [0.1, 0.15) is 34.1 Å². The van der Waals surface area contributed by atoms with E-state index in [1.54, 1.807) is 0 Å². The normalized spacial score (nSPS) is 29.7. The van der Waals surface area contributed by atoms with Crippen LogP contribution < -0.4 is 0 Å². The standard InChI is InChI=1S/C15H56O5P32/c1-6-9(18-41(50(37)45(28)29)52(47(32)33)48(34)35)5-8-12(17)11(16)7(2)13(19-39(42(22)23)49(36)44(26)27)14(10(6)15(8,3)4)20-40(43(24)25)51(38-21)46(30)31/h7-9,12-14,17,38H,5,21-37H2,1-4H3/t7-,8?,9-,12+,13+,14+,39?,40?,41?,49?,50?,51?/m0/s1. The highest BCUT2D eigenvalue weighted by atomic mass is 33.2. The largest absolute Gasteiger partial charge is 0.385 e. The Morgan fingerprint density at radius 3 is 1.58 bits per heavy atom. The fourth-order valence-corrected chi connectivity index (χ4v) is 212. The minimum absolute atomic E-state index is 0.126. The van der Waals surface area contributed by atoms with E-state index in [9.17, 15) is 9.90 Å². The molecule has 2 aliphatic rings. The van der Waals surface area contributed by atoms with Crippen molar-refractivity contribution in [3.05, 3.63) is 11.1 Å². The first-order chi connectivity index (χ1) is 23.8. The van der Waals surface area contributed by atoms with Gasteiger partial charge in [-0.3, -0.25) is 4.79 Å². The molecule has 0 heterocycles. The Balaban J connectivity index is 3.05. The van der Waals surface area contributed by atoms with E-state index >= 15 is 0 Å². The molecule has 2 bridgehead atoms. The van der Waals surface area contributed by atoms with Crippen molar-refractivity contribution in [1.29, 1.82) is 0 Å². The van der Waals surface area contributed by atoms with Crippen molar-refractivity contribution in [2.75, 3.05) is 0 Å². The number of aliphatic hydroxyl groups excluding tert-OH is 1. The van der Waals surface area contributed by atoms with Crippen LogP contribution in [0.4, 0.5) is 0 Å². The Labute approximate surface area is 371 Å². The van der Waals surface area contributed by atoms with Crippen LogP contribution in [0.15, 0.2) is 11.1 Å². The van der Waals surface area contributed by atoms with Gasteiger partial charge in [0.25, 0.3) is 0 Å². The van der Waals surface area contributed by atoms with Gasteiger partial charge in [0.05, 0.1) is 28.7 Å². The summed E-state index contributed by atoms with van der Waals surface area (Å²) in [7, 11) is 50.6. The lowest BCUT2D eigenvalue weighted by Gasteiger charge is -2.54. The van der Waals surface area contributed by atoms with E-state index in [1.807, 2.05) is 6.92 Å². The van der Waals surface area contributed by atoms with E-state index in [0.29, 0.717) is 14.4 Å². The van der Waals surface area contributed by atoms with E-state index in [2.05, 4.69) is 173 Å². The van der Waals surface area contributed by atoms with E-state index in [1.165, 1.54) is 11.1 Å². The van der Waals surface area contributed by atoms with Crippen molar-refractivity contribution in [3.63, 3.8) is 0 Å². The Bertz CT molecular complexity index is 1170. The zero-order valence-electron chi connectivity index (χ0n) is 28.8. The number of hydrogen-bond acceptors (Lipinski definition) is 5. The van der Waals surface area contributed by atoms with Crippen LogP contribution in [0.25, 0.3) is 0 Å². The Kier molecular flexibility index (Phi) is 34.5. The highest BCUT2D eigenvalue weighted by molar-refractivity contribution is 9.19. The lowest BCUT2D eigenvalue weighted by molar-refractivity contribution is -0.144. The fourth-order valence-electron chi connectivity index (χ4n) is 5.71. The molecule has 5 nitrogen and oxygen atoms in total. The van der Waals surface area contributed by atoms with Gasteiger partial charge in [0.2, 0.25) is 0 Å². The van der Waals surface area contributed by atoms with Gasteiger partial charge in [-0.1, -0.05) is 46.6 Å². The van der Waals surface area contributed by atoms with E-state index in [0.717, 1.165) is 0 Å². The average Bonchev–Trinajstić information content (AvgIpc) is 3.02. The van der Waals surface area contributed by atoms with Crippen LogP contribution >= 0.6 is 259 Å². The summed E-state index contributed by atoms with van der Waals surface area (Å²) in [5.41, 5.74) is 1.90. The molecule has 37 heteroatoms. The predicted octanol–water partition coefficient (Wildman–Crippen LogP) is 19.7. The molecule has 0 aromatic carbocycles. The molecule has 0 aromatic rings. The molecule has 0 amide bonds. The molecule has 0 saturated heterocycles. The van der Waals surface area contributed by atoms with Crippen LogP contribution in [-0.2, 0) is 18.4 Å². The molecule has 0 radical (unpaired) electrons. The van der Waals surface area contributed by atoms with Gasteiger partial charge in [0.1, 0.15) is 18.3 Å². The first kappa shape index (κ1) is 61.1. The smallest absolute Gasteiger partial charge is 0.167 e. The number of hydrogen-bond donors (Lipinski definition) is 1. The van der Waals surface area contributed by atoms with E-state index in [4.69, 9.17) is 13.6 Å². The molecule has 0 spiro atoms. The van der Waals surface area contributed by atoms with Crippen molar-refractivity contribution in [1.82, 2.24) is 0 Å². The second kappa shape index (κ2) is 29.4. The summed E-state index contributed by atoms with van der Waals surface area (Å²) in [6.45, 7) is 3.81. The van der Waals surface area contributed by atoms with E-state index < -0.39 is 101 Å². The Morgan fingerprint density at radius 2 is 1.17 bits per heavy atom. The number of carbonyl (C=O) groups excluding carboxylic acids is 1. The molecule has 1 fully saturated rings. The minimum Gasteiger partial charge on any atom is -0.385 e. The number of fused-ring (bicyclic) bond motifs is 2. The van der Waals surface area contributed by atoms with Gasteiger partial charge < -0.3 is 18.7 Å². The minimum atomic E-state index is -1.12. The summed E-state index contributed by atoms with van der Waals surface area (Å²) in [6, 6.07) is 0. The molecule has 306 valence electrons. The maximum atomic E-state index is 14.7. The highest BCUT2D eigenvalue weighted by Crippen LogP contribution is 3.18. The predicted molar refractivity (Wildman–Crippen MR) is 340 cm³/mol. The van der Waals surface area contributed by atoms with Gasteiger partial charge in [0, 0.05) is 39.8 Å². The number of aliphatic hydroxyl groups is 1. The van der Waals surface area contributed by atoms with Crippen LogP contribution in [0.5, 0.6) is 0 Å². The summed E-state index contributed by atoms with van der Waals surface area (Å²) in [4.78, 5) is 14.7. The summed E-state index contributed by atoms with van der Waals surface area (Å²) in [6.07, 6.45) is -1.67.